The monoisotopic (exact) mass is 405 g/mol. The molecule has 0 bridgehead atoms. The van der Waals surface area contributed by atoms with Crippen molar-refractivity contribution in [2.75, 3.05) is 11.9 Å². The standard InChI is InChI=1S/C17H19N5O7/c23-4-11-13(27)14(28)17(29-11)22-6-21-12-15(19-5-20-16(12)22)18-3-8-9(25)1-7(24)2-10(8)26/h1-2,5-6,11,13-14,17,23-28H,3-4H2,(H,18,19,20)/t11-,13-,14-,17?/m1/s1. The number of rotatable bonds is 5. The third-order valence-corrected chi connectivity index (χ3v) is 4.77. The smallest absolute Gasteiger partial charge is 0.167 e. The lowest BCUT2D eigenvalue weighted by Gasteiger charge is -2.16. The zero-order valence-corrected chi connectivity index (χ0v) is 14.9. The van der Waals surface area contributed by atoms with Gasteiger partial charge in [0.2, 0.25) is 0 Å². The lowest BCUT2D eigenvalue weighted by atomic mass is 10.1. The van der Waals surface area contributed by atoms with E-state index in [0.717, 1.165) is 12.1 Å². The Morgan fingerprint density at radius 2 is 1.76 bits per heavy atom. The van der Waals surface area contributed by atoms with Crippen molar-refractivity contribution in [3.63, 3.8) is 0 Å². The van der Waals surface area contributed by atoms with Gasteiger partial charge in [-0.3, -0.25) is 4.57 Å². The molecule has 12 nitrogen and oxygen atoms in total. The van der Waals surface area contributed by atoms with Crippen molar-refractivity contribution in [2.24, 2.45) is 0 Å². The summed E-state index contributed by atoms with van der Waals surface area (Å²) < 4.78 is 6.92. The van der Waals surface area contributed by atoms with Crippen molar-refractivity contribution < 1.29 is 35.4 Å². The number of anilines is 1. The highest BCUT2D eigenvalue weighted by molar-refractivity contribution is 5.82. The van der Waals surface area contributed by atoms with Crippen LogP contribution in [0.1, 0.15) is 11.8 Å². The van der Waals surface area contributed by atoms with Gasteiger partial charge in [0, 0.05) is 18.7 Å². The maximum absolute atomic E-state index is 10.2. The molecule has 3 heterocycles. The summed E-state index contributed by atoms with van der Waals surface area (Å²) in [6.07, 6.45) is -1.88. The Bertz CT molecular complexity index is 1020. The Labute approximate surface area is 163 Å². The zero-order valence-electron chi connectivity index (χ0n) is 14.9. The lowest BCUT2D eigenvalue weighted by molar-refractivity contribution is -0.0511. The lowest BCUT2D eigenvalue weighted by Crippen LogP contribution is -2.33. The minimum absolute atomic E-state index is 0.0230. The van der Waals surface area contributed by atoms with E-state index in [2.05, 4.69) is 20.3 Å². The molecule has 4 atom stereocenters. The van der Waals surface area contributed by atoms with Crippen LogP contribution in [0.4, 0.5) is 5.82 Å². The summed E-state index contributed by atoms with van der Waals surface area (Å²) in [5, 5.41) is 61.6. The Balaban J connectivity index is 1.62. The van der Waals surface area contributed by atoms with Crippen molar-refractivity contribution in [3.05, 3.63) is 30.4 Å². The number of phenolic OH excluding ortho intramolecular Hbond substituents is 3. The first-order valence-corrected chi connectivity index (χ1v) is 8.68. The second kappa shape index (κ2) is 7.33. The van der Waals surface area contributed by atoms with Crippen molar-refractivity contribution in [1.82, 2.24) is 19.5 Å². The molecular weight excluding hydrogens is 386 g/mol. The fourth-order valence-corrected chi connectivity index (χ4v) is 3.26. The highest BCUT2D eigenvalue weighted by Crippen LogP contribution is 2.34. The van der Waals surface area contributed by atoms with Crippen LogP contribution >= 0.6 is 0 Å². The number of imidazole rings is 1. The Hall–Kier alpha value is -3.19. The average Bonchev–Trinajstić information content (AvgIpc) is 3.23. The third-order valence-electron chi connectivity index (χ3n) is 4.77. The van der Waals surface area contributed by atoms with Crippen molar-refractivity contribution in [3.8, 4) is 17.2 Å². The van der Waals surface area contributed by atoms with Crippen LogP contribution in [0.3, 0.4) is 0 Å². The van der Waals surface area contributed by atoms with Crippen molar-refractivity contribution in [1.29, 1.82) is 0 Å². The van der Waals surface area contributed by atoms with E-state index < -0.39 is 31.1 Å². The third kappa shape index (κ3) is 3.27. The van der Waals surface area contributed by atoms with Gasteiger partial charge in [-0.05, 0) is 0 Å². The molecule has 0 saturated carbocycles. The summed E-state index contributed by atoms with van der Waals surface area (Å²) in [4.78, 5) is 12.5. The van der Waals surface area contributed by atoms with Crippen molar-refractivity contribution in [2.45, 2.75) is 31.1 Å². The molecule has 0 radical (unpaired) electrons. The van der Waals surface area contributed by atoms with Crippen LogP contribution in [-0.2, 0) is 11.3 Å². The van der Waals surface area contributed by atoms with Crippen LogP contribution in [0.5, 0.6) is 17.2 Å². The molecule has 29 heavy (non-hydrogen) atoms. The fourth-order valence-electron chi connectivity index (χ4n) is 3.26. The molecule has 0 aliphatic carbocycles. The summed E-state index contributed by atoms with van der Waals surface area (Å²) in [7, 11) is 0. The Morgan fingerprint density at radius 3 is 2.41 bits per heavy atom. The number of aliphatic hydroxyl groups is 3. The number of aliphatic hydroxyl groups excluding tert-OH is 3. The number of benzene rings is 1. The number of aromatic nitrogens is 4. The van der Waals surface area contributed by atoms with Gasteiger partial charge < -0.3 is 40.7 Å². The van der Waals surface area contributed by atoms with Gasteiger partial charge in [-0.25, -0.2) is 15.0 Å². The molecule has 1 aliphatic rings. The van der Waals surface area contributed by atoms with E-state index in [4.69, 9.17) is 4.74 Å². The van der Waals surface area contributed by atoms with Crippen molar-refractivity contribution >= 4 is 17.0 Å². The maximum Gasteiger partial charge on any atom is 0.167 e. The summed E-state index contributed by atoms with van der Waals surface area (Å²) in [5.41, 5.74) is 0.775. The molecule has 0 spiro atoms. The first-order chi connectivity index (χ1) is 13.9. The SMILES string of the molecule is OC[C@H]1OC(n2cnc3c(NCc4c(O)cc(O)cc4O)ncnc32)[C@H](O)[C@@H]1O. The van der Waals surface area contributed by atoms with E-state index in [-0.39, 0.29) is 35.2 Å². The largest absolute Gasteiger partial charge is 0.508 e. The van der Waals surface area contributed by atoms with E-state index in [1.54, 1.807) is 0 Å². The molecule has 7 N–H and O–H groups in total. The molecule has 3 aromatic rings. The van der Waals surface area contributed by atoms with Gasteiger partial charge in [-0.15, -0.1) is 0 Å². The molecule has 1 fully saturated rings. The predicted molar refractivity (Wildman–Crippen MR) is 97.1 cm³/mol. The van der Waals surface area contributed by atoms with Crippen LogP contribution < -0.4 is 5.32 Å². The van der Waals surface area contributed by atoms with Gasteiger partial charge in [-0.1, -0.05) is 0 Å². The highest BCUT2D eigenvalue weighted by Gasteiger charge is 2.44. The number of nitrogens with one attached hydrogen (secondary N) is 1. The summed E-state index contributed by atoms with van der Waals surface area (Å²) in [5.74, 6) is -0.576. The first kappa shape index (κ1) is 19.1. The van der Waals surface area contributed by atoms with Gasteiger partial charge in [-0.2, -0.15) is 0 Å². The second-order valence-corrected chi connectivity index (χ2v) is 6.59. The Kier molecular flexibility index (Phi) is 4.84. The zero-order chi connectivity index (χ0) is 20.7. The quantitative estimate of drug-likeness (QED) is 0.281. The van der Waals surface area contributed by atoms with Crippen LogP contribution in [0, 0.1) is 0 Å². The maximum atomic E-state index is 10.2. The molecular formula is C17H19N5O7. The van der Waals surface area contributed by atoms with E-state index in [0.29, 0.717) is 11.2 Å². The molecule has 1 unspecified atom stereocenters. The summed E-state index contributed by atoms with van der Waals surface area (Å²) in [6.45, 7) is -0.479. The summed E-state index contributed by atoms with van der Waals surface area (Å²) in [6, 6.07) is 2.20. The topological polar surface area (TPSA) is 186 Å². The fraction of sp³-hybridized carbons (Fsp3) is 0.353. The van der Waals surface area contributed by atoms with E-state index in [9.17, 15) is 30.6 Å². The van der Waals surface area contributed by atoms with Gasteiger partial charge in [0.25, 0.3) is 0 Å². The van der Waals surface area contributed by atoms with Gasteiger partial charge in [0.1, 0.15) is 41.9 Å². The van der Waals surface area contributed by atoms with E-state index in [1.807, 2.05) is 0 Å². The number of aromatic hydroxyl groups is 3. The number of nitrogens with zero attached hydrogens (tertiary/aromatic N) is 4. The number of phenols is 3. The number of ether oxygens (including phenoxy) is 1. The molecule has 1 aliphatic heterocycles. The molecule has 0 amide bonds. The van der Waals surface area contributed by atoms with Gasteiger partial charge in [0.15, 0.2) is 23.2 Å². The minimum Gasteiger partial charge on any atom is -0.508 e. The van der Waals surface area contributed by atoms with Gasteiger partial charge >= 0.3 is 0 Å². The second-order valence-electron chi connectivity index (χ2n) is 6.59. The minimum atomic E-state index is -1.29. The van der Waals surface area contributed by atoms with Crippen LogP contribution in [0.25, 0.3) is 11.2 Å². The molecule has 2 aromatic heterocycles. The molecule has 154 valence electrons. The number of hydrogen-bond donors (Lipinski definition) is 7. The molecule has 12 heteroatoms. The number of hydrogen-bond acceptors (Lipinski definition) is 11. The Morgan fingerprint density at radius 1 is 1.03 bits per heavy atom. The normalized spacial score (nSPS) is 24.2. The van der Waals surface area contributed by atoms with E-state index >= 15 is 0 Å². The highest BCUT2D eigenvalue weighted by atomic mass is 16.6. The molecule has 1 saturated heterocycles. The molecule has 4 rings (SSSR count). The first-order valence-electron chi connectivity index (χ1n) is 8.68. The van der Waals surface area contributed by atoms with Crippen LogP contribution in [-0.4, -0.2) is 75.1 Å². The number of fused-ring (bicyclic) bond motifs is 1. The van der Waals surface area contributed by atoms with Gasteiger partial charge in [0.05, 0.1) is 18.5 Å². The average molecular weight is 405 g/mol. The molecule has 1 aromatic carbocycles. The van der Waals surface area contributed by atoms with Crippen LogP contribution in [0.15, 0.2) is 24.8 Å². The van der Waals surface area contributed by atoms with E-state index in [1.165, 1.54) is 17.2 Å². The predicted octanol–water partition coefficient (Wildman–Crippen LogP) is -0.833. The van der Waals surface area contributed by atoms with Crippen LogP contribution in [0.2, 0.25) is 0 Å². The summed E-state index contributed by atoms with van der Waals surface area (Å²) >= 11 is 0.